The van der Waals surface area contributed by atoms with Gasteiger partial charge in [-0.25, -0.2) is 0 Å². The van der Waals surface area contributed by atoms with Crippen molar-refractivity contribution in [1.82, 2.24) is 0 Å². The van der Waals surface area contributed by atoms with Crippen molar-refractivity contribution >= 4 is 0 Å². The molecule has 0 spiro atoms. The van der Waals surface area contributed by atoms with Crippen molar-refractivity contribution in [1.29, 1.82) is 0 Å². The first-order valence-electron chi connectivity index (χ1n) is 5.24. The van der Waals surface area contributed by atoms with Crippen LogP contribution in [0, 0.1) is 5.92 Å². The molecule has 74 valence electrons. The molecule has 2 heteroatoms. The molecule has 0 amide bonds. The summed E-state index contributed by atoms with van der Waals surface area (Å²) < 4.78 is 5.27. The fourth-order valence-corrected chi connectivity index (χ4v) is 2.46. The first-order chi connectivity index (χ1) is 6.21. The Hall–Kier alpha value is -0.500. The predicted molar refractivity (Wildman–Crippen MR) is 51.2 cm³/mol. The van der Waals surface area contributed by atoms with E-state index in [2.05, 4.69) is 6.92 Å². The average molecular weight is 182 g/mol. The molecule has 0 saturated heterocycles. The van der Waals surface area contributed by atoms with Crippen LogP contribution < -0.4 is 0 Å². The number of rotatable bonds is 1. The zero-order chi connectivity index (χ0) is 9.31. The minimum absolute atomic E-state index is 0.528. The molecular formula is C11H18O2. The standard InChI is InChI=1S/C11H18O2/c1-9-4-5-11(12,7-9)10-3-2-6-13-8-10/h8-9,12H,2-7H2,1H3. The van der Waals surface area contributed by atoms with Crippen LogP contribution >= 0.6 is 0 Å². The number of hydrogen-bond donors (Lipinski definition) is 1. The van der Waals surface area contributed by atoms with E-state index in [0.29, 0.717) is 5.92 Å². The van der Waals surface area contributed by atoms with Gasteiger partial charge in [-0.2, -0.15) is 0 Å². The third-order valence-corrected chi connectivity index (χ3v) is 3.27. The summed E-state index contributed by atoms with van der Waals surface area (Å²) in [5, 5.41) is 10.3. The maximum absolute atomic E-state index is 10.3. The van der Waals surface area contributed by atoms with Gasteiger partial charge in [0.05, 0.1) is 18.5 Å². The van der Waals surface area contributed by atoms with Gasteiger partial charge in [-0.05, 0) is 43.6 Å². The Kier molecular flexibility index (Phi) is 2.33. The summed E-state index contributed by atoms with van der Waals surface area (Å²) in [5.74, 6) is 0.660. The molecule has 1 aliphatic carbocycles. The molecule has 0 aromatic rings. The smallest absolute Gasteiger partial charge is 0.0891 e. The Morgan fingerprint density at radius 2 is 2.46 bits per heavy atom. The molecule has 2 aliphatic rings. The summed E-state index contributed by atoms with van der Waals surface area (Å²) in [5.41, 5.74) is 0.600. The molecule has 1 heterocycles. The first kappa shape index (κ1) is 9.07. The molecule has 2 nitrogen and oxygen atoms in total. The van der Waals surface area contributed by atoms with Gasteiger partial charge in [-0.3, -0.25) is 0 Å². The minimum atomic E-state index is -0.528. The van der Waals surface area contributed by atoms with Crippen LogP contribution in [-0.4, -0.2) is 17.3 Å². The molecule has 0 aromatic carbocycles. The molecule has 0 radical (unpaired) electrons. The van der Waals surface area contributed by atoms with E-state index in [1.165, 1.54) is 0 Å². The second-order valence-electron chi connectivity index (χ2n) is 4.50. The summed E-state index contributed by atoms with van der Waals surface area (Å²) in [4.78, 5) is 0. The van der Waals surface area contributed by atoms with Crippen molar-refractivity contribution in [2.24, 2.45) is 5.92 Å². The zero-order valence-corrected chi connectivity index (χ0v) is 8.25. The molecule has 1 saturated carbocycles. The van der Waals surface area contributed by atoms with Crippen molar-refractivity contribution in [2.45, 2.75) is 44.6 Å². The van der Waals surface area contributed by atoms with Gasteiger partial charge in [-0.15, -0.1) is 0 Å². The lowest BCUT2D eigenvalue weighted by atomic mass is 9.88. The van der Waals surface area contributed by atoms with Gasteiger partial charge in [0.15, 0.2) is 0 Å². The summed E-state index contributed by atoms with van der Waals surface area (Å²) in [6, 6.07) is 0. The molecule has 13 heavy (non-hydrogen) atoms. The van der Waals surface area contributed by atoms with Crippen LogP contribution in [0.5, 0.6) is 0 Å². The van der Waals surface area contributed by atoms with Gasteiger partial charge < -0.3 is 9.84 Å². The van der Waals surface area contributed by atoms with Crippen molar-refractivity contribution in [3.05, 3.63) is 11.8 Å². The number of ether oxygens (including phenoxy) is 1. The van der Waals surface area contributed by atoms with Crippen molar-refractivity contribution < 1.29 is 9.84 Å². The molecule has 2 rings (SSSR count). The van der Waals surface area contributed by atoms with Gasteiger partial charge in [0.1, 0.15) is 0 Å². The van der Waals surface area contributed by atoms with Crippen LogP contribution in [0.15, 0.2) is 11.8 Å². The van der Waals surface area contributed by atoms with Crippen LogP contribution in [0.4, 0.5) is 0 Å². The molecule has 2 atom stereocenters. The SMILES string of the molecule is CC1CCC(O)(C2=COCCC2)C1. The summed E-state index contributed by atoms with van der Waals surface area (Å²) in [7, 11) is 0. The lowest BCUT2D eigenvalue weighted by Gasteiger charge is -2.28. The van der Waals surface area contributed by atoms with Gasteiger partial charge in [0.25, 0.3) is 0 Å². The van der Waals surface area contributed by atoms with E-state index >= 15 is 0 Å². The molecule has 0 bridgehead atoms. The van der Waals surface area contributed by atoms with Crippen molar-refractivity contribution in [2.75, 3.05) is 6.61 Å². The fourth-order valence-electron chi connectivity index (χ4n) is 2.46. The topological polar surface area (TPSA) is 29.5 Å². The van der Waals surface area contributed by atoms with E-state index in [1.807, 2.05) is 0 Å². The average Bonchev–Trinajstić information content (AvgIpc) is 2.49. The lowest BCUT2D eigenvalue weighted by molar-refractivity contribution is 0.0659. The highest BCUT2D eigenvalue weighted by Gasteiger charge is 2.39. The van der Waals surface area contributed by atoms with E-state index in [4.69, 9.17) is 4.74 Å². The second-order valence-corrected chi connectivity index (χ2v) is 4.50. The maximum atomic E-state index is 10.3. The highest BCUT2D eigenvalue weighted by Crippen LogP contribution is 2.41. The van der Waals surface area contributed by atoms with Crippen LogP contribution in [0.25, 0.3) is 0 Å². The Morgan fingerprint density at radius 1 is 1.62 bits per heavy atom. The molecule has 1 aliphatic heterocycles. The quantitative estimate of drug-likeness (QED) is 0.674. The Bertz CT molecular complexity index is 222. The Balaban J connectivity index is 2.10. The van der Waals surface area contributed by atoms with E-state index in [-0.39, 0.29) is 0 Å². The van der Waals surface area contributed by atoms with Crippen LogP contribution in [-0.2, 0) is 4.74 Å². The van der Waals surface area contributed by atoms with E-state index in [1.54, 1.807) is 6.26 Å². The zero-order valence-electron chi connectivity index (χ0n) is 8.25. The predicted octanol–water partition coefficient (Wildman–Crippen LogP) is 2.23. The van der Waals surface area contributed by atoms with E-state index < -0.39 is 5.60 Å². The number of aliphatic hydroxyl groups is 1. The first-order valence-corrected chi connectivity index (χ1v) is 5.24. The fraction of sp³-hybridized carbons (Fsp3) is 0.818. The lowest BCUT2D eigenvalue weighted by Crippen LogP contribution is -2.29. The minimum Gasteiger partial charge on any atom is -0.501 e. The normalized spacial score (nSPS) is 39.8. The largest absolute Gasteiger partial charge is 0.501 e. The van der Waals surface area contributed by atoms with Crippen molar-refractivity contribution in [3.8, 4) is 0 Å². The van der Waals surface area contributed by atoms with E-state index in [0.717, 1.165) is 44.3 Å². The van der Waals surface area contributed by atoms with Gasteiger partial charge in [0, 0.05) is 0 Å². The summed E-state index contributed by atoms with van der Waals surface area (Å²) in [6.07, 6.45) is 6.85. The molecular weight excluding hydrogens is 164 g/mol. The van der Waals surface area contributed by atoms with Crippen LogP contribution in [0.1, 0.15) is 39.0 Å². The third kappa shape index (κ3) is 1.73. The van der Waals surface area contributed by atoms with Gasteiger partial charge in [0.2, 0.25) is 0 Å². The molecule has 2 unspecified atom stereocenters. The van der Waals surface area contributed by atoms with Crippen molar-refractivity contribution in [3.63, 3.8) is 0 Å². The molecule has 1 N–H and O–H groups in total. The van der Waals surface area contributed by atoms with Crippen LogP contribution in [0.2, 0.25) is 0 Å². The van der Waals surface area contributed by atoms with Gasteiger partial charge in [-0.1, -0.05) is 6.92 Å². The van der Waals surface area contributed by atoms with Crippen LogP contribution in [0.3, 0.4) is 0 Å². The van der Waals surface area contributed by atoms with E-state index in [9.17, 15) is 5.11 Å². The monoisotopic (exact) mass is 182 g/mol. The molecule has 0 aromatic heterocycles. The highest BCUT2D eigenvalue weighted by molar-refractivity contribution is 5.18. The summed E-state index contributed by atoms with van der Waals surface area (Å²) >= 11 is 0. The second kappa shape index (κ2) is 3.33. The Labute approximate surface area is 79.6 Å². The highest BCUT2D eigenvalue weighted by atomic mass is 16.5. The third-order valence-electron chi connectivity index (χ3n) is 3.27. The Morgan fingerprint density at radius 3 is 3.00 bits per heavy atom. The summed E-state index contributed by atoms with van der Waals surface area (Å²) in [6.45, 7) is 3.03. The molecule has 1 fully saturated rings. The van der Waals surface area contributed by atoms with Gasteiger partial charge >= 0.3 is 0 Å². The maximum Gasteiger partial charge on any atom is 0.0891 e. The number of hydrogen-bond acceptors (Lipinski definition) is 2.